The zero-order valence-electron chi connectivity index (χ0n) is 14.5. The highest BCUT2D eigenvalue weighted by molar-refractivity contribution is 6.30. The van der Waals surface area contributed by atoms with Crippen LogP contribution in [-0.2, 0) is 4.79 Å². The Labute approximate surface area is 157 Å². The molecule has 6 heteroatoms. The summed E-state index contributed by atoms with van der Waals surface area (Å²) in [6.45, 7) is 1.21. The van der Waals surface area contributed by atoms with Gasteiger partial charge in [-0.1, -0.05) is 23.7 Å². The summed E-state index contributed by atoms with van der Waals surface area (Å²) in [6.07, 6.45) is 1.12. The summed E-state index contributed by atoms with van der Waals surface area (Å²) in [7, 11) is 1.59. The standard InChI is InChI=1S/C20H21ClFNO3/c1-26-18-6-5-15(21)12-17(18)19(14-3-2-4-16(22)11-14)23-9-7-13(8-10-23)20(24)25/h2-6,11-13,19H,7-10H2,1H3,(H,24,25). The molecule has 1 heterocycles. The average molecular weight is 378 g/mol. The van der Waals surface area contributed by atoms with Crippen molar-refractivity contribution in [1.29, 1.82) is 0 Å². The summed E-state index contributed by atoms with van der Waals surface area (Å²) >= 11 is 6.21. The molecule has 26 heavy (non-hydrogen) atoms. The van der Waals surface area contributed by atoms with Gasteiger partial charge in [0.05, 0.1) is 19.1 Å². The van der Waals surface area contributed by atoms with Gasteiger partial charge in [0.15, 0.2) is 0 Å². The van der Waals surface area contributed by atoms with Crippen LogP contribution in [0.3, 0.4) is 0 Å². The number of piperidine rings is 1. The van der Waals surface area contributed by atoms with E-state index < -0.39 is 5.97 Å². The highest BCUT2D eigenvalue weighted by atomic mass is 35.5. The molecule has 1 fully saturated rings. The van der Waals surface area contributed by atoms with Gasteiger partial charge < -0.3 is 9.84 Å². The number of methoxy groups -OCH3 is 1. The van der Waals surface area contributed by atoms with Gasteiger partial charge in [-0.15, -0.1) is 0 Å². The molecule has 4 nitrogen and oxygen atoms in total. The van der Waals surface area contributed by atoms with Gasteiger partial charge in [-0.3, -0.25) is 9.69 Å². The van der Waals surface area contributed by atoms with Crippen molar-refractivity contribution in [3.05, 3.63) is 64.4 Å². The van der Waals surface area contributed by atoms with Crippen LogP contribution >= 0.6 is 11.6 Å². The van der Waals surface area contributed by atoms with Crippen LogP contribution in [0.2, 0.25) is 5.02 Å². The molecule has 0 spiro atoms. The lowest BCUT2D eigenvalue weighted by Crippen LogP contribution is -2.39. The van der Waals surface area contributed by atoms with E-state index in [0.29, 0.717) is 36.7 Å². The molecule has 1 aliphatic rings. The summed E-state index contributed by atoms with van der Waals surface area (Å²) in [5.74, 6) is -0.731. The molecule has 138 valence electrons. The van der Waals surface area contributed by atoms with Gasteiger partial charge >= 0.3 is 5.97 Å². The van der Waals surface area contributed by atoms with Gasteiger partial charge in [0, 0.05) is 10.6 Å². The van der Waals surface area contributed by atoms with Crippen LogP contribution < -0.4 is 4.74 Å². The van der Waals surface area contributed by atoms with Crippen LogP contribution in [0.15, 0.2) is 42.5 Å². The van der Waals surface area contributed by atoms with Gasteiger partial charge in [-0.05, 0) is 61.8 Å². The second-order valence-corrected chi connectivity index (χ2v) is 6.93. The maximum absolute atomic E-state index is 13.9. The van der Waals surface area contributed by atoms with Crippen molar-refractivity contribution in [2.24, 2.45) is 5.92 Å². The van der Waals surface area contributed by atoms with Gasteiger partial charge in [0.2, 0.25) is 0 Å². The Kier molecular flexibility index (Phi) is 5.79. The first-order chi connectivity index (χ1) is 12.5. The zero-order valence-corrected chi connectivity index (χ0v) is 15.2. The molecule has 0 aromatic heterocycles. The minimum Gasteiger partial charge on any atom is -0.496 e. The van der Waals surface area contributed by atoms with E-state index in [-0.39, 0.29) is 17.8 Å². The lowest BCUT2D eigenvalue weighted by atomic mass is 9.91. The van der Waals surface area contributed by atoms with Crippen molar-refractivity contribution in [2.45, 2.75) is 18.9 Å². The van der Waals surface area contributed by atoms with E-state index in [1.807, 2.05) is 12.1 Å². The predicted molar refractivity (Wildman–Crippen MR) is 98.2 cm³/mol. The Hall–Kier alpha value is -2.11. The molecule has 0 saturated carbocycles. The Morgan fingerprint density at radius 3 is 2.62 bits per heavy atom. The van der Waals surface area contributed by atoms with Gasteiger partial charge in [-0.2, -0.15) is 0 Å². The quantitative estimate of drug-likeness (QED) is 0.840. The van der Waals surface area contributed by atoms with Crippen molar-refractivity contribution < 1.29 is 19.0 Å². The summed E-state index contributed by atoms with van der Waals surface area (Å²) < 4.78 is 19.4. The highest BCUT2D eigenvalue weighted by Gasteiger charge is 2.31. The maximum Gasteiger partial charge on any atom is 0.306 e. The number of likely N-dealkylation sites (tertiary alicyclic amines) is 1. The number of carbonyl (C=O) groups is 1. The topological polar surface area (TPSA) is 49.8 Å². The van der Waals surface area contributed by atoms with Crippen LogP contribution in [0.1, 0.15) is 30.0 Å². The van der Waals surface area contributed by atoms with E-state index in [1.165, 1.54) is 12.1 Å². The van der Waals surface area contributed by atoms with E-state index in [0.717, 1.165) is 11.1 Å². The highest BCUT2D eigenvalue weighted by Crippen LogP contribution is 2.38. The van der Waals surface area contributed by atoms with Crippen LogP contribution in [0, 0.1) is 11.7 Å². The maximum atomic E-state index is 13.9. The van der Waals surface area contributed by atoms with Crippen molar-refractivity contribution >= 4 is 17.6 Å². The number of benzene rings is 2. The molecule has 0 bridgehead atoms. The normalized spacial score (nSPS) is 17.0. The monoisotopic (exact) mass is 377 g/mol. The van der Waals surface area contributed by atoms with Crippen LogP contribution in [0.5, 0.6) is 5.75 Å². The third-order valence-electron chi connectivity index (χ3n) is 4.89. The van der Waals surface area contributed by atoms with Gasteiger partial charge in [-0.25, -0.2) is 4.39 Å². The van der Waals surface area contributed by atoms with Crippen molar-refractivity contribution in [3.63, 3.8) is 0 Å². The molecule has 0 radical (unpaired) electrons. The fourth-order valence-corrected chi connectivity index (χ4v) is 3.77. The molecule has 0 aliphatic carbocycles. The molecule has 2 aromatic rings. The second kappa shape index (κ2) is 8.06. The van der Waals surface area contributed by atoms with Gasteiger partial charge in [0.25, 0.3) is 0 Å². The van der Waals surface area contributed by atoms with Crippen LogP contribution in [0.25, 0.3) is 0 Å². The SMILES string of the molecule is COc1ccc(Cl)cc1C(c1cccc(F)c1)N1CCC(C(=O)O)CC1. The Morgan fingerprint density at radius 2 is 2.00 bits per heavy atom. The summed E-state index contributed by atoms with van der Waals surface area (Å²) in [5, 5.41) is 9.82. The minimum atomic E-state index is -0.757. The summed E-state index contributed by atoms with van der Waals surface area (Å²) in [4.78, 5) is 13.4. The molecule has 1 unspecified atom stereocenters. The number of halogens is 2. The zero-order chi connectivity index (χ0) is 18.7. The van der Waals surface area contributed by atoms with E-state index in [9.17, 15) is 14.3 Å². The first kappa shape index (κ1) is 18.7. The molecule has 1 aliphatic heterocycles. The number of rotatable bonds is 5. The van der Waals surface area contributed by atoms with E-state index >= 15 is 0 Å². The third kappa shape index (κ3) is 4.00. The molecule has 1 N–H and O–H groups in total. The number of carboxylic acid groups (broad SMARTS) is 1. The minimum absolute atomic E-state index is 0.255. The Morgan fingerprint density at radius 1 is 1.27 bits per heavy atom. The van der Waals surface area contributed by atoms with E-state index in [2.05, 4.69) is 4.90 Å². The molecule has 0 amide bonds. The number of carboxylic acids is 1. The van der Waals surface area contributed by atoms with Crippen molar-refractivity contribution in [1.82, 2.24) is 4.90 Å². The Bertz CT molecular complexity index is 790. The van der Waals surface area contributed by atoms with Crippen LogP contribution in [0.4, 0.5) is 4.39 Å². The van der Waals surface area contributed by atoms with Crippen molar-refractivity contribution in [3.8, 4) is 5.75 Å². The molecular weight excluding hydrogens is 357 g/mol. The largest absolute Gasteiger partial charge is 0.496 e. The molecule has 2 aromatic carbocycles. The van der Waals surface area contributed by atoms with Gasteiger partial charge in [0.1, 0.15) is 11.6 Å². The molecule has 1 atom stereocenters. The molecular formula is C20H21ClFNO3. The fraction of sp³-hybridized carbons (Fsp3) is 0.350. The molecule has 1 saturated heterocycles. The summed E-state index contributed by atoms with van der Waals surface area (Å²) in [5.41, 5.74) is 1.64. The van der Waals surface area contributed by atoms with Crippen molar-refractivity contribution in [2.75, 3.05) is 20.2 Å². The second-order valence-electron chi connectivity index (χ2n) is 6.49. The van der Waals surface area contributed by atoms with E-state index in [1.54, 1.807) is 25.3 Å². The number of aliphatic carboxylic acids is 1. The summed E-state index contributed by atoms with van der Waals surface area (Å²) in [6, 6.07) is 11.6. The van der Waals surface area contributed by atoms with E-state index in [4.69, 9.17) is 16.3 Å². The lowest BCUT2D eigenvalue weighted by Gasteiger charge is -2.37. The smallest absolute Gasteiger partial charge is 0.306 e. The average Bonchev–Trinajstić information content (AvgIpc) is 2.63. The Balaban J connectivity index is 2.01. The number of hydrogen-bond donors (Lipinski definition) is 1. The number of nitrogens with zero attached hydrogens (tertiary/aromatic N) is 1. The number of ether oxygens (including phenoxy) is 1. The first-order valence-electron chi connectivity index (χ1n) is 8.55. The predicted octanol–water partition coefficient (Wildman–Crippen LogP) is 4.37. The number of hydrogen-bond acceptors (Lipinski definition) is 3. The lowest BCUT2D eigenvalue weighted by molar-refractivity contribution is -0.143. The first-order valence-corrected chi connectivity index (χ1v) is 8.93. The third-order valence-corrected chi connectivity index (χ3v) is 5.13. The fourth-order valence-electron chi connectivity index (χ4n) is 3.59. The molecule has 3 rings (SSSR count). The van der Waals surface area contributed by atoms with Crippen LogP contribution in [-0.4, -0.2) is 36.2 Å².